The summed E-state index contributed by atoms with van der Waals surface area (Å²) in [5.74, 6) is 1.95. The summed E-state index contributed by atoms with van der Waals surface area (Å²) in [4.78, 5) is 11.4. The number of nitrogens with zero attached hydrogens (tertiary/aromatic N) is 5. The van der Waals surface area contributed by atoms with Gasteiger partial charge in [-0.25, -0.2) is 9.97 Å². The first-order chi connectivity index (χ1) is 7.70. The Balaban J connectivity index is 2.35. The Morgan fingerprint density at radius 3 is 2.62 bits per heavy atom. The van der Waals surface area contributed by atoms with Crippen molar-refractivity contribution in [1.29, 1.82) is 0 Å². The van der Waals surface area contributed by atoms with Crippen molar-refractivity contribution in [1.82, 2.24) is 19.7 Å². The Labute approximate surface area is 94.1 Å². The number of aryl methyl sites for hydroxylation is 3. The van der Waals surface area contributed by atoms with Gasteiger partial charge in [0, 0.05) is 26.6 Å². The molecule has 0 bridgehead atoms. The summed E-state index contributed by atoms with van der Waals surface area (Å²) in [7, 11) is 1.96. The van der Waals surface area contributed by atoms with Crippen LogP contribution >= 0.6 is 0 Å². The van der Waals surface area contributed by atoms with Gasteiger partial charge in [-0.1, -0.05) is 6.92 Å². The summed E-state index contributed by atoms with van der Waals surface area (Å²) < 4.78 is 1.89. The van der Waals surface area contributed by atoms with Crippen molar-refractivity contribution in [2.45, 2.75) is 20.3 Å². The fourth-order valence-corrected chi connectivity index (χ4v) is 2.00. The monoisotopic (exact) mass is 217 g/mol. The fraction of sp³-hybridized carbons (Fsp3) is 0.545. The SMILES string of the molecule is CCc1nc(N2CC2)c2c(n1)c(C)nn2C. The molecule has 84 valence electrons. The second-order valence-corrected chi connectivity index (χ2v) is 4.21. The van der Waals surface area contributed by atoms with Crippen LogP contribution in [0.3, 0.4) is 0 Å². The molecule has 3 rings (SSSR count). The molecule has 2 aromatic heterocycles. The molecular formula is C11H15N5. The van der Waals surface area contributed by atoms with Crippen molar-refractivity contribution in [2.75, 3.05) is 18.0 Å². The van der Waals surface area contributed by atoms with E-state index in [1.165, 1.54) is 0 Å². The number of hydrogen-bond acceptors (Lipinski definition) is 4. The first kappa shape index (κ1) is 9.57. The maximum Gasteiger partial charge on any atom is 0.158 e. The van der Waals surface area contributed by atoms with Crippen LogP contribution in [0.5, 0.6) is 0 Å². The summed E-state index contributed by atoms with van der Waals surface area (Å²) in [6, 6.07) is 0. The molecule has 1 fully saturated rings. The Kier molecular flexibility index (Phi) is 1.89. The van der Waals surface area contributed by atoms with Gasteiger partial charge in [0.05, 0.1) is 5.69 Å². The van der Waals surface area contributed by atoms with Gasteiger partial charge < -0.3 is 4.90 Å². The van der Waals surface area contributed by atoms with E-state index in [2.05, 4.69) is 26.9 Å². The third kappa shape index (κ3) is 1.27. The summed E-state index contributed by atoms with van der Waals surface area (Å²) in [6.07, 6.45) is 0.866. The van der Waals surface area contributed by atoms with Crippen molar-refractivity contribution in [3.63, 3.8) is 0 Å². The average Bonchev–Trinajstić information content (AvgIpc) is 3.07. The van der Waals surface area contributed by atoms with Crippen LogP contribution in [0, 0.1) is 6.92 Å². The minimum Gasteiger partial charge on any atom is -0.351 e. The van der Waals surface area contributed by atoms with Gasteiger partial charge in [-0.2, -0.15) is 5.10 Å². The van der Waals surface area contributed by atoms with Crippen LogP contribution in [0.2, 0.25) is 0 Å². The minimum atomic E-state index is 0.866. The lowest BCUT2D eigenvalue weighted by Crippen LogP contribution is -2.04. The molecule has 0 spiro atoms. The van der Waals surface area contributed by atoms with Crippen LogP contribution in [0.15, 0.2) is 0 Å². The van der Waals surface area contributed by atoms with Gasteiger partial charge in [0.25, 0.3) is 0 Å². The summed E-state index contributed by atoms with van der Waals surface area (Å²) in [5, 5.41) is 4.42. The van der Waals surface area contributed by atoms with Crippen molar-refractivity contribution in [3.05, 3.63) is 11.5 Å². The minimum absolute atomic E-state index is 0.866. The number of hydrogen-bond donors (Lipinski definition) is 0. The van der Waals surface area contributed by atoms with E-state index in [9.17, 15) is 0 Å². The molecule has 1 aliphatic rings. The normalized spacial score (nSPS) is 14.8. The maximum atomic E-state index is 4.61. The van der Waals surface area contributed by atoms with E-state index < -0.39 is 0 Å². The van der Waals surface area contributed by atoms with Gasteiger partial charge in [-0.3, -0.25) is 4.68 Å². The van der Waals surface area contributed by atoms with E-state index in [0.29, 0.717) is 0 Å². The van der Waals surface area contributed by atoms with Gasteiger partial charge in [-0.15, -0.1) is 0 Å². The zero-order valence-corrected chi connectivity index (χ0v) is 9.86. The molecule has 0 aliphatic carbocycles. The molecule has 1 aliphatic heterocycles. The lowest BCUT2D eigenvalue weighted by molar-refractivity contribution is 0.781. The number of fused-ring (bicyclic) bond motifs is 1. The smallest absolute Gasteiger partial charge is 0.158 e. The largest absolute Gasteiger partial charge is 0.351 e. The molecular weight excluding hydrogens is 202 g/mol. The van der Waals surface area contributed by atoms with Crippen LogP contribution in [0.1, 0.15) is 18.4 Å². The van der Waals surface area contributed by atoms with Gasteiger partial charge in [0.1, 0.15) is 16.9 Å². The quantitative estimate of drug-likeness (QED) is 0.705. The average molecular weight is 217 g/mol. The van der Waals surface area contributed by atoms with E-state index in [0.717, 1.165) is 47.9 Å². The van der Waals surface area contributed by atoms with E-state index in [1.807, 2.05) is 18.7 Å². The zero-order chi connectivity index (χ0) is 11.3. The molecule has 1 saturated heterocycles. The van der Waals surface area contributed by atoms with Crippen molar-refractivity contribution in [2.24, 2.45) is 7.05 Å². The van der Waals surface area contributed by atoms with Crippen LogP contribution in [-0.2, 0) is 13.5 Å². The number of anilines is 1. The predicted octanol–water partition coefficient (Wildman–Crippen LogP) is 1.05. The van der Waals surface area contributed by atoms with E-state index in [-0.39, 0.29) is 0 Å². The van der Waals surface area contributed by atoms with Crippen molar-refractivity contribution < 1.29 is 0 Å². The van der Waals surface area contributed by atoms with Gasteiger partial charge in [-0.05, 0) is 6.92 Å². The van der Waals surface area contributed by atoms with E-state index in [1.54, 1.807) is 0 Å². The second-order valence-electron chi connectivity index (χ2n) is 4.21. The lowest BCUT2D eigenvalue weighted by Gasteiger charge is -2.06. The zero-order valence-electron chi connectivity index (χ0n) is 9.86. The molecule has 0 amide bonds. The van der Waals surface area contributed by atoms with Gasteiger partial charge in [0.15, 0.2) is 5.82 Å². The Bertz CT molecular complexity index is 553. The molecule has 0 aromatic carbocycles. The molecule has 2 aromatic rings. The molecule has 0 N–H and O–H groups in total. The van der Waals surface area contributed by atoms with Crippen LogP contribution in [-0.4, -0.2) is 32.8 Å². The topological polar surface area (TPSA) is 46.6 Å². The Morgan fingerprint density at radius 2 is 2.00 bits per heavy atom. The summed E-state index contributed by atoms with van der Waals surface area (Å²) >= 11 is 0. The second kappa shape index (κ2) is 3.17. The molecule has 0 atom stereocenters. The highest BCUT2D eigenvalue weighted by Crippen LogP contribution is 2.28. The number of aromatic nitrogens is 4. The highest BCUT2D eigenvalue weighted by Gasteiger charge is 2.25. The van der Waals surface area contributed by atoms with E-state index in [4.69, 9.17) is 0 Å². The standard InChI is InChI=1S/C11H15N5/c1-4-8-12-9-7(2)14-15(3)10(9)11(13-8)16-5-6-16/h4-6H2,1-3H3. The first-order valence-electron chi connectivity index (χ1n) is 5.66. The maximum absolute atomic E-state index is 4.61. The van der Waals surface area contributed by atoms with Crippen LogP contribution < -0.4 is 4.90 Å². The van der Waals surface area contributed by atoms with E-state index >= 15 is 0 Å². The molecule has 5 nitrogen and oxygen atoms in total. The summed E-state index contributed by atoms with van der Waals surface area (Å²) in [6.45, 7) is 6.28. The molecule has 0 saturated carbocycles. The first-order valence-corrected chi connectivity index (χ1v) is 5.66. The van der Waals surface area contributed by atoms with Gasteiger partial charge in [0.2, 0.25) is 0 Å². The third-order valence-corrected chi connectivity index (χ3v) is 2.94. The molecule has 16 heavy (non-hydrogen) atoms. The Hall–Kier alpha value is -1.65. The predicted molar refractivity (Wildman–Crippen MR) is 62.6 cm³/mol. The third-order valence-electron chi connectivity index (χ3n) is 2.94. The Morgan fingerprint density at radius 1 is 1.25 bits per heavy atom. The number of rotatable bonds is 2. The highest BCUT2D eigenvalue weighted by molar-refractivity contribution is 5.88. The highest BCUT2D eigenvalue weighted by atomic mass is 15.3. The molecule has 3 heterocycles. The van der Waals surface area contributed by atoms with Crippen molar-refractivity contribution >= 4 is 16.9 Å². The molecule has 5 heteroatoms. The fourth-order valence-electron chi connectivity index (χ4n) is 2.00. The lowest BCUT2D eigenvalue weighted by atomic mass is 10.3. The molecule has 0 unspecified atom stereocenters. The van der Waals surface area contributed by atoms with Gasteiger partial charge >= 0.3 is 0 Å². The van der Waals surface area contributed by atoms with Crippen molar-refractivity contribution in [3.8, 4) is 0 Å². The van der Waals surface area contributed by atoms with Crippen LogP contribution in [0.25, 0.3) is 11.0 Å². The molecule has 0 radical (unpaired) electrons. The van der Waals surface area contributed by atoms with Crippen LogP contribution in [0.4, 0.5) is 5.82 Å². The summed E-state index contributed by atoms with van der Waals surface area (Å²) in [5.41, 5.74) is 3.04.